The number of fused-ring (bicyclic) bond motifs is 1. The van der Waals surface area contributed by atoms with Gasteiger partial charge in [-0.05, 0) is 48.2 Å². The highest BCUT2D eigenvalue weighted by molar-refractivity contribution is 9.10. The number of benzene rings is 3. The number of ether oxygens (including phenoxy) is 1. The predicted molar refractivity (Wildman–Crippen MR) is 173 cm³/mol. The van der Waals surface area contributed by atoms with E-state index in [1.807, 2.05) is 91.0 Å². The molecule has 3 aromatic carbocycles. The van der Waals surface area contributed by atoms with Gasteiger partial charge in [0.2, 0.25) is 0 Å². The first-order valence-corrected chi connectivity index (χ1v) is 15.7. The fourth-order valence-corrected chi connectivity index (χ4v) is 6.39. The molecule has 216 valence electrons. The summed E-state index contributed by atoms with van der Waals surface area (Å²) in [4.78, 5) is 33.2. The zero-order chi connectivity index (χ0) is 30.1. The molecule has 3 heterocycles. The molecule has 0 amide bonds. The highest BCUT2D eigenvalue weighted by Gasteiger charge is 2.35. The van der Waals surface area contributed by atoms with Gasteiger partial charge in [-0.15, -0.1) is 0 Å². The molecule has 0 aliphatic carbocycles. The predicted octanol–water partition coefficient (Wildman–Crippen LogP) is 7.08. The molecule has 0 fully saturated rings. The van der Waals surface area contributed by atoms with Crippen LogP contribution in [0, 0.1) is 0 Å². The fourth-order valence-electron chi connectivity index (χ4n) is 5.15. The number of hydrogen-bond acceptors (Lipinski definition) is 6. The smallest absolute Gasteiger partial charge is 0.338 e. The number of carbonyl (C=O) groups excluding carboxylic acids is 1. The lowest BCUT2D eigenvalue weighted by Crippen LogP contribution is -2.40. The molecule has 8 heteroatoms. The van der Waals surface area contributed by atoms with E-state index >= 15 is 0 Å². The Bertz CT molecular complexity index is 2000. The number of rotatable bonds is 7. The van der Waals surface area contributed by atoms with Crippen molar-refractivity contribution in [3.8, 4) is 11.3 Å². The molecule has 1 aliphatic heterocycles. The molecule has 0 bridgehead atoms. The lowest BCUT2D eigenvalue weighted by Gasteiger charge is -2.26. The summed E-state index contributed by atoms with van der Waals surface area (Å²) in [6.07, 6.45) is 1.74. The van der Waals surface area contributed by atoms with E-state index in [0.717, 1.165) is 21.2 Å². The van der Waals surface area contributed by atoms with Crippen LogP contribution in [0.1, 0.15) is 55.2 Å². The van der Waals surface area contributed by atoms with E-state index in [0.29, 0.717) is 38.0 Å². The van der Waals surface area contributed by atoms with Gasteiger partial charge in [0.1, 0.15) is 11.5 Å². The van der Waals surface area contributed by atoms with Gasteiger partial charge in [-0.2, -0.15) is 0 Å². The van der Waals surface area contributed by atoms with Gasteiger partial charge in [-0.3, -0.25) is 9.36 Å². The maximum absolute atomic E-state index is 14.1. The second-order valence-corrected chi connectivity index (χ2v) is 12.4. The maximum Gasteiger partial charge on any atom is 0.338 e. The third kappa shape index (κ3) is 5.72. The van der Waals surface area contributed by atoms with Crippen LogP contribution in [0.5, 0.6) is 0 Å². The van der Waals surface area contributed by atoms with E-state index in [1.54, 1.807) is 17.6 Å². The number of halogens is 1. The van der Waals surface area contributed by atoms with Crippen LogP contribution in [0.4, 0.5) is 0 Å². The summed E-state index contributed by atoms with van der Waals surface area (Å²) >= 11 is 4.73. The molecule has 0 radical (unpaired) electrons. The summed E-state index contributed by atoms with van der Waals surface area (Å²) < 4.78 is 14.7. The summed E-state index contributed by atoms with van der Waals surface area (Å²) in [7, 11) is 0. The minimum Gasteiger partial charge on any atom is -0.463 e. The van der Waals surface area contributed by atoms with Crippen molar-refractivity contribution in [3.05, 3.63) is 143 Å². The van der Waals surface area contributed by atoms with Gasteiger partial charge in [0, 0.05) is 21.7 Å². The first kappa shape index (κ1) is 28.8. The van der Waals surface area contributed by atoms with Crippen LogP contribution < -0.4 is 14.9 Å². The third-order valence-corrected chi connectivity index (χ3v) is 8.83. The van der Waals surface area contributed by atoms with Crippen molar-refractivity contribution in [1.29, 1.82) is 0 Å². The largest absolute Gasteiger partial charge is 0.463 e. The molecule has 43 heavy (non-hydrogen) atoms. The molecule has 5 aromatic rings. The van der Waals surface area contributed by atoms with Crippen molar-refractivity contribution in [2.24, 2.45) is 4.99 Å². The fraction of sp³-hybridized carbons (Fsp3) is 0.171. The van der Waals surface area contributed by atoms with Crippen LogP contribution in [-0.2, 0) is 9.53 Å². The van der Waals surface area contributed by atoms with Crippen molar-refractivity contribution < 1.29 is 13.9 Å². The van der Waals surface area contributed by atoms with Gasteiger partial charge < -0.3 is 9.15 Å². The first-order valence-electron chi connectivity index (χ1n) is 14.1. The number of esters is 1. The second-order valence-electron chi connectivity index (χ2n) is 10.5. The Balaban J connectivity index is 1.55. The molecule has 0 N–H and O–H groups in total. The summed E-state index contributed by atoms with van der Waals surface area (Å²) in [5.41, 5.74) is 4.26. The average molecular weight is 654 g/mol. The third-order valence-electron chi connectivity index (χ3n) is 7.32. The van der Waals surface area contributed by atoms with Gasteiger partial charge in [-0.25, -0.2) is 9.79 Å². The minimum absolute atomic E-state index is 0.201. The van der Waals surface area contributed by atoms with Gasteiger partial charge >= 0.3 is 5.97 Å². The Kier molecular flexibility index (Phi) is 8.15. The van der Waals surface area contributed by atoms with Gasteiger partial charge in [0.15, 0.2) is 4.80 Å². The SMILES string of the molecule is CCOC(=O)C1=C(c2ccccc2)N=c2s/c(=C\c3ccc(-c4ccc(Br)cc4)o3)c(=O)n2C1c1ccc(C(C)C)cc1. The number of aromatic nitrogens is 1. The normalized spacial score (nSPS) is 15.0. The molecule has 1 aliphatic rings. The Labute approximate surface area is 261 Å². The molecular formula is C35H29BrN2O4S. The Morgan fingerprint density at radius 2 is 1.72 bits per heavy atom. The summed E-state index contributed by atoms with van der Waals surface area (Å²) in [5, 5.41) is 0. The lowest BCUT2D eigenvalue weighted by atomic mass is 9.91. The Hall–Kier alpha value is -4.27. The highest BCUT2D eigenvalue weighted by Crippen LogP contribution is 2.35. The molecule has 1 unspecified atom stereocenters. The molecule has 0 saturated heterocycles. The van der Waals surface area contributed by atoms with E-state index < -0.39 is 12.0 Å². The number of thiazole rings is 1. The number of carbonyl (C=O) groups is 1. The summed E-state index contributed by atoms with van der Waals surface area (Å²) in [6.45, 7) is 6.24. The molecule has 2 aromatic heterocycles. The van der Waals surface area contributed by atoms with Crippen molar-refractivity contribution >= 4 is 45.0 Å². The Morgan fingerprint density at radius 1 is 1.00 bits per heavy atom. The Morgan fingerprint density at radius 3 is 2.40 bits per heavy atom. The van der Waals surface area contributed by atoms with Crippen molar-refractivity contribution in [1.82, 2.24) is 4.57 Å². The van der Waals surface area contributed by atoms with Gasteiger partial charge in [-0.1, -0.05) is 108 Å². The van der Waals surface area contributed by atoms with Crippen molar-refractivity contribution in [2.45, 2.75) is 32.7 Å². The molecule has 0 spiro atoms. The standard InChI is InChI=1S/C35H29BrN2O4S/c1-4-41-34(40)30-31(24-8-6-5-7-9-24)37-35-38(32(30)25-12-10-22(11-13-25)21(2)3)33(39)29(43-35)20-27-18-19-28(42-27)23-14-16-26(36)17-15-23/h5-21,32H,4H2,1-3H3/b29-20-. The van der Waals surface area contributed by atoms with E-state index in [9.17, 15) is 9.59 Å². The van der Waals surface area contributed by atoms with Gasteiger partial charge in [0.25, 0.3) is 5.56 Å². The topological polar surface area (TPSA) is 73.8 Å². The second kappa shape index (κ2) is 12.1. The van der Waals surface area contributed by atoms with Crippen molar-refractivity contribution in [2.75, 3.05) is 6.61 Å². The quantitative estimate of drug-likeness (QED) is 0.176. The molecule has 1 atom stereocenters. The average Bonchev–Trinajstić information content (AvgIpc) is 3.61. The first-order chi connectivity index (χ1) is 20.8. The summed E-state index contributed by atoms with van der Waals surface area (Å²) in [5.74, 6) is 1.09. The van der Waals surface area contributed by atoms with Crippen LogP contribution in [0.25, 0.3) is 23.1 Å². The van der Waals surface area contributed by atoms with E-state index in [2.05, 4.69) is 29.8 Å². The molecule has 6 rings (SSSR count). The number of furan rings is 1. The van der Waals surface area contributed by atoms with Crippen LogP contribution in [0.3, 0.4) is 0 Å². The molecule has 0 saturated carbocycles. The zero-order valence-electron chi connectivity index (χ0n) is 23.9. The van der Waals surface area contributed by atoms with Gasteiger partial charge in [0.05, 0.1) is 28.5 Å². The monoisotopic (exact) mass is 652 g/mol. The lowest BCUT2D eigenvalue weighted by molar-refractivity contribution is -0.138. The number of hydrogen-bond donors (Lipinski definition) is 0. The van der Waals surface area contributed by atoms with E-state index in [-0.39, 0.29) is 12.2 Å². The van der Waals surface area contributed by atoms with Crippen LogP contribution in [0.2, 0.25) is 0 Å². The zero-order valence-corrected chi connectivity index (χ0v) is 26.3. The summed E-state index contributed by atoms with van der Waals surface area (Å²) in [6, 6.07) is 28.5. The molecular weight excluding hydrogens is 624 g/mol. The van der Waals surface area contributed by atoms with E-state index in [1.165, 1.54) is 16.9 Å². The minimum atomic E-state index is -0.719. The molecule has 6 nitrogen and oxygen atoms in total. The van der Waals surface area contributed by atoms with Crippen LogP contribution in [-0.4, -0.2) is 17.1 Å². The van der Waals surface area contributed by atoms with E-state index in [4.69, 9.17) is 14.1 Å². The number of nitrogens with zero attached hydrogens (tertiary/aromatic N) is 2. The highest BCUT2D eigenvalue weighted by atomic mass is 79.9. The maximum atomic E-state index is 14.1. The van der Waals surface area contributed by atoms with Crippen molar-refractivity contribution in [3.63, 3.8) is 0 Å². The van der Waals surface area contributed by atoms with Crippen LogP contribution in [0.15, 0.2) is 115 Å². The van der Waals surface area contributed by atoms with Crippen LogP contribution >= 0.6 is 27.3 Å².